The van der Waals surface area contributed by atoms with Crippen LogP contribution in [-0.4, -0.2) is 16.1 Å². The zero-order chi connectivity index (χ0) is 14.0. The molecule has 1 aromatic heterocycles. The number of amides is 1. The number of nitrogens with one attached hydrogen (secondary N) is 2. The van der Waals surface area contributed by atoms with Crippen LogP contribution in [0.3, 0.4) is 0 Å². The molecule has 1 aromatic carbocycles. The van der Waals surface area contributed by atoms with E-state index in [1.54, 1.807) is 6.07 Å². The van der Waals surface area contributed by atoms with Gasteiger partial charge in [0.05, 0.1) is 5.54 Å². The van der Waals surface area contributed by atoms with Gasteiger partial charge >= 0.3 is 0 Å². The molecular formula is C14H16ClN3O. The lowest BCUT2D eigenvalue weighted by Crippen LogP contribution is -2.41. The van der Waals surface area contributed by atoms with Gasteiger partial charge in [-0.1, -0.05) is 23.7 Å². The first-order valence-corrected chi connectivity index (χ1v) is 6.37. The minimum Gasteiger partial charge on any atom is -0.342 e. The Labute approximate surface area is 117 Å². The van der Waals surface area contributed by atoms with Crippen molar-refractivity contribution in [1.82, 2.24) is 15.5 Å². The second kappa shape index (κ2) is 5.05. The highest BCUT2D eigenvalue weighted by Crippen LogP contribution is 2.22. The van der Waals surface area contributed by atoms with Crippen molar-refractivity contribution in [2.45, 2.75) is 26.3 Å². The monoisotopic (exact) mass is 277 g/mol. The summed E-state index contributed by atoms with van der Waals surface area (Å²) in [5, 5.41) is 10.3. The maximum absolute atomic E-state index is 12.1. The van der Waals surface area contributed by atoms with Crippen molar-refractivity contribution in [3.8, 4) is 0 Å². The average Bonchev–Trinajstić information content (AvgIpc) is 2.76. The van der Waals surface area contributed by atoms with Crippen LogP contribution in [0.15, 0.2) is 30.3 Å². The molecular weight excluding hydrogens is 262 g/mol. The van der Waals surface area contributed by atoms with Gasteiger partial charge in [0, 0.05) is 10.7 Å². The largest absolute Gasteiger partial charge is 0.342 e. The van der Waals surface area contributed by atoms with Gasteiger partial charge in [0.25, 0.3) is 5.91 Å². The molecule has 0 atom stereocenters. The van der Waals surface area contributed by atoms with Gasteiger partial charge in [-0.15, -0.1) is 0 Å². The molecule has 1 amide bonds. The maximum atomic E-state index is 12.1. The molecule has 0 aliphatic carbocycles. The van der Waals surface area contributed by atoms with E-state index in [9.17, 15) is 4.79 Å². The molecule has 0 saturated heterocycles. The number of rotatable bonds is 3. The molecule has 2 N–H and O–H groups in total. The summed E-state index contributed by atoms with van der Waals surface area (Å²) in [5.41, 5.74) is 1.74. The maximum Gasteiger partial charge on any atom is 0.272 e. The number of aryl methyl sites for hydroxylation is 1. The molecule has 0 spiro atoms. The molecule has 0 unspecified atom stereocenters. The fourth-order valence-corrected chi connectivity index (χ4v) is 1.95. The summed E-state index contributed by atoms with van der Waals surface area (Å²) >= 11 is 5.86. The third-order valence-electron chi connectivity index (χ3n) is 2.93. The zero-order valence-corrected chi connectivity index (χ0v) is 11.9. The molecule has 0 saturated carbocycles. The van der Waals surface area contributed by atoms with Crippen LogP contribution in [0.25, 0.3) is 0 Å². The van der Waals surface area contributed by atoms with E-state index in [4.69, 9.17) is 11.6 Å². The van der Waals surface area contributed by atoms with Gasteiger partial charge in [0.1, 0.15) is 5.69 Å². The van der Waals surface area contributed by atoms with E-state index in [0.29, 0.717) is 10.7 Å². The standard InChI is InChI=1S/C14H16ClN3O/c1-9-8-12(18-17-9)13(19)16-14(2,3)10-4-6-11(15)7-5-10/h4-8H,1-3H3,(H,16,19)(H,17,18). The van der Waals surface area contributed by atoms with Crippen molar-refractivity contribution in [2.24, 2.45) is 0 Å². The minimum atomic E-state index is -0.492. The van der Waals surface area contributed by atoms with Crippen LogP contribution < -0.4 is 5.32 Å². The van der Waals surface area contributed by atoms with Gasteiger partial charge in [-0.25, -0.2) is 0 Å². The van der Waals surface area contributed by atoms with Gasteiger partial charge in [0.15, 0.2) is 0 Å². The SMILES string of the molecule is Cc1cc(C(=O)NC(C)(C)c2ccc(Cl)cc2)n[nH]1. The number of hydrogen-bond donors (Lipinski definition) is 2. The van der Waals surface area contributed by atoms with Crippen LogP contribution in [0, 0.1) is 6.92 Å². The number of hydrogen-bond acceptors (Lipinski definition) is 2. The Hall–Kier alpha value is -1.81. The van der Waals surface area contributed by atoms with E-state index in [1.165, 1.54) is 0 Å². The molecule has 2 aromatic rings. The van der Waals surface area contributed by atoms with E-state index < -0.39 is 5.54 Å². The van der Waals surface area contributed by atoms with Crippen molar-refractivity contribution in [3.05, 3.63) is 52.3 Å². The van der Waals surface area contributed by atoms with Gasteiger partial charge in [-0.05, 0) is 44.5 Å². The molecule has 4 nitrogen and oxygen atoms in total. The highest BCUT2D eigenvalue weighted by molar-refractivity contribution is 6.30. The Kier molecular flexibility index (Phi) is 3.62. The third kappa shape index (κ3) is 3.15. The predicted molar refractivity (Wildman–Crippen MR) is 75.3 cm³/mol. The average molecular weight is 278 g/mol. The molecule has 0 fully saturated rings. The normalized spacial score (nSPS) is 11.4. The molecule has 0 aliphatic rings. The van der Waals surface area contributed by atoms with Crippen LogP contribution in [-0.2, 0) is 5.54 Å². The summed E-state index contributed by atoms with van der Waals surface area (Å²) in [6.45, 7) is 5.73. The van der Waals surface area contributed by atoms with Gasteiger partial charge in [-0.3, -0.25) is 9.89 Å². The Balaban J connectivity index is 2.17. The number of aromatic nitrogens is 2. The van der Waals surface area contributed by atoms with Crippen molar-refractivity contribution >= 4 is 17.5 Å². The van der Waals surface area contributed by atoms with Crippen LogP contribution >= 0.6 is 11.6 Å². The molecule has 5 heteroatoms. The summed E-state index contributed by atoms with van der Waals surface area (Å²) in [7, 11) is 0. The summed E-state index contributed by atoms with van der Waals surface area (Å²) in [5.74, 6) is -0.204. The highest BCUT2D eigenvalue weighted by atomic mass is 35.5. The molecule has 1 heterocycles. The topological polar surface area (TPSA) is 57.8 Å². The zero-order valence-electron chi connectivity index (χ0n) is 11.1. The Morgan fingerprint density at radius 1 is 1.32 bits per heavy atom. The van der Waals surface area contributed by atoms with E-state index in [2.05, 4.69) is 15.5 Å². The molecule has 19 heavy (non-hydrogen) atoms. The second-order valence-corrected chi connectivity index (χ2v) is 5.46. The van der Waals surface area contributed by atoms with Gasteiger partial charge in [-0.2, -0.15) is 5.10 Å². The summed E-state index contributed by atoms with van der Waals surface area (Å²) in [6.07, 6.45) is 0. The Bertz CT molecular complexity index is 587. The lowest BCUT2D eigenvalue weighted by Gasteiger charge is -2.26. The van der Waals surface area contributed by atoms with Crippen molar-refractivity contribution in [3.63, 3.8) is 0 Å². The van der Waals surface area contributed by atoms with Gasteiger partial charge < -0.3 is 5.32 Å². The summed E-state index contributed by atoms with van der Waals surface area (Å²) in [4.78, 5) is 12.1. The van der Waals surface area contributed by atoms with E-state index in [0.717, 1.165) is 11.3 Å². The Morgan fingerprint density at radius 2 is 1.95 bits per heavy atom. The molecule has 2 rings (SSSR count). The third-order valence-corrected chi connectivity index (χ3v) is 3.18. The summed E-state index contributed by atoms with van der Waals surface area (Å²) in [6, 6.07) is 9.14. The predicted octanol–water partition coefficient (Wildman–Crippen LogP) is 3.04. The summed E-state index contributed by atoms with van der Waals surface area (Å²) < 4.78 is 0. The smallest absolute Gasteiger partial charge is 0.272 e. The number of aromatic amines is 1. The van der Waals surface area contributed by atoms with Crippen LogP contribution in [0.2, 0.25) is 5.02 Å². The number of halogens is 1. The first-order chi connectivity index (χ1) is 8.88. The number of carbonyl (C=O) groups is 1. The fourth-order valence-electron chi connectivity index (χ4n) is 1.82. The first kappa shape index (κ1) is 13.6. The number of carbonyl (C=O) groups excluding carboxylic acids is 1. The molecule has 0 bridgehead atoms. The van der Waals surface area contributed by atoms with Crippen molar-refractivity contribution in [2.75, 3.05) is 0 Å². The molecule has 100 valence electrons. The van der Waals surface area contributed by atoms with Crippen molar-refractivity contribution < 1.29 is 4.79 Å². The minimum absolute atomic E-state index is 0.204. The first-order valence-electron chi connectivity index (χ1n) is 5.99. The van der Waals surface area contributed by atoms with Crippen LogP contribution in [0.4, 0.5) is 0 Å². The van der Waals surface area contributed by atoms with E-state index in [-0.39, 0.29) is 5.91 Å². The molecule has 0 radical (unpaired) electrons. The van der Waals surface area contributed by atoms with Crippen LogP contribution in [0.5, 0.6) is 0 Å². The van der Waals surface area contributed by atoms with Crippen LogP contribution in [0.1, 0.15) is 35.6 Å². The number of benzene rings is 1. The Morgan fingerprint density at radius 3 is 2.47 bits per heavy atom. The quantitative estimate of drug-likeness (QED) is 0.906. The van der Waals surface area contributed by atoms with E-state index in [1.807, 2.05) is 45.0 Å². The van der Waals surface area contributed by atoms with E-state index >= 15 is 0 Å². The highest BCUT2D eigenvalue weighted by Gasteiger charge is 2.24. The number of H-pyrrole nitrogens is 1. The van der Waals surface area contributed by atoms with Crippen molar-refractivity contribution in [1.29, 1.82) is 0 Å². The van der Waals surface area contributed by atoms with Gasteiger partial charge in [0.2, 0.25) is 0 Å². The lowest BCUT2D eigenvalue weighted by atomic mass is 9.94. The number of nitrogens with zero attached hydrogens (tertiary/aromatic N) is 1. The molecule has 0 aliphatic heterocycles. The second-order valence-electron chi connectivity index (χ2n) is 5.02. The lowest BCUT2D eigenvalue weighted by molar-refractivity contribution is 0.0907. The fraction of sp³-hybridized carbons (Fsp3) is 0.286.